The summed E-state index contributed by atoms with van der Waals surface area (Å²) in [5.41, 5.74) is 3.12. The summed E-state index contributed by atoms with van der Waals surface area (Å²) in [4.78, 5) is 38.8. The average molecular weight is 405 g/mol. The van der Waals surface area contributed by atoms with Crippen molar-refractivity contribution >= 4 is 23.3 Å². The highest BCUT2D eigenvalue weighted by Crippen LogP contribution is 2.43. The molecule has 0 fully saturated rings. The predicted molar refractivity (Wildman–Crippen MR) is 112 cm³/mol. The maximum Gasteiger partial charge on any atom is 0.335 e. The molecule has 6 nitrogen and oxygen atoms in total. The van der Waals surface area contributed by atoms with E-state index in [9.17, 15) is 14.4 Å². The molecule has 1 unspecified atom stereocenters. The number of benzene rings is 2. The Labute approximate surface area is 174 Å². The zero-order valence-corrected chi connectivity index (χ0v) is 16.8. The summed E-state index contributed by atoms with van der Waals surface area (Å²) in [6.07, 6.45) is 2.01. The lowest BCUT2D eigenvalue weighted by atomic mass is 9.77. The molecule has 0 radical (unpaired) electrons. The SMILES string of the molecule is CCOc1ccc(C2CC(=O)N(c3ccc(C(=O)O)cc3)C3=C2C(=O)CCC3)cc1. The van der Waals surface area contributed by atoms with Crippen molar-refractivity contribution in [1.29, 1.82) is 0 Å². The van der Waals surface area contributed by atoms with Crippen LogP contribution >= 0.6 is 0 Å². The Kier molecular flexibility index (Phi) is 5.40. The molecule has 0 saturated heterocycles. The van der Waals surface area contributed by atoms with Crippen molar-refractivity contribution in [3.63, 3.8) is 0 Å². The van der Waals surface area contributed by atoms with Gasteiger partial charge >= 0.3 is 5.97 Å². The summed E-state index contributed by atoms with van der Waals surface area (Å²) in [7, 11) is 0. The van der Waals surface area contributed by atoms with Crippen LogP contribution in [0.2, 0.25) is 0 Å². The van der Waals surface area contributed by atoms with Gasteiger partial charge < -0.3 is 9.84 Å². The number of Topliss-reactive ketones (excluding diaryl/α,β-unsaturated/α-hetero) is 1. The molecule has 154 valence electrons. The van der Waals surface area contributed by atoms with Gasteiger partial charge in [-0.2, -0.15) is 0 Å². The number of amides is 1. The van der Waals surface area contributed by atoms with Crippen molar-refractivity contribution in [2.45, 2.75) is 38.5 Å². The van der Waals surface area contributed by atoms with E-state index in [4.69, 9.17) is 9.84 Å². The van der Waals surface area contributed by atoms with Crippen molar-refractivity contribution < 1.29 is 24.2 Å². The molecule has 2 aromatic rings. The smallest absolute Gasteiger partial charge is 0.335 e. The van der Waals surface area contributed by atoms with Crippen LogP contribution in [0, 0.1) is 0 Å². The topological polar surface area (TPSA) is 83.9 Å². The molecule has 0 spiro atoms. The van der Waals surface area contributed by atoms with Gasteiger partial charge in [-0.25, -0.2) is 4.79 Å². The minimum absolute atomic E-state index is 0.0785. The van der Waals surface area contributed by atoms with Gasteiger partial charge in [0.2, 0.25) is 5.91 Å². The number of anilines is 1. The molecule has 6 heteroatoms. The summed E-state index contributed by atoms with van der Waals surface area (Å²) in [6, 6.07) is 13.8. The van der Waals surface area contributed by atoms with Crippen LogP contribution in [0.1, 0.15) is 54.4 Å². The first-order valence-electron chi connectivity index (χ1n) is 10.1. The Morgan fingerprint density at radius 1 is 1.07 bits per heavy atom. The largest absolute Gasteiger partial charge is 0.494 e. The van der Waals surface area contributed by atoms with E-state index in [-0.39, 0.29) is 29.6 Å². The summed E-state index contributed by atoms with van der Waals surface area (Å²) in [6.45, 7) is 2.49. The first-order chi connectivity index (χ1) is 14.5. The number of carboxylic acid groups (broad SMARTS) is 1. The fourth-order valence-electron chi connectivity index (χ4n) is 4.29. The van der Waals surface area contributed by atoms with Crippen LogP contribution in [0.15, 0.2) is 59.8 Å². The second kappa shape index (κ2) is 8.14. The van der Waals surface area contributed by atoms with Crippen LogP contribution in [0.3, 0.4) is 0 Å². The lowest BCUT2D eigenvalue weighted by Gasteiger charge is -2.38. The van der Waals surface area contributed by atoms with Gasteiger partial charge in [-0.3, -0.25) is 14.5 Å². The maximum absolute atomic E-state index is 13.2. The number of carbonyl (C=O) groups is 3. The van der Waals surface area contributed by atoms with Crippen molar-refractivity contribution in [2.24, 2.45) is 0 Å². The molecule has 2 aliphatic rings. The molecule has 30 heavy (non-hydrogen) atoms. The normalized spacial score (nSPS) is 19.0. The van der Waals surface area contributed by atoms with Crippen molar-refractivity contribution in [1.82, 2.24) is 0 Å². The van der Waals surface area contributed by atoms with E-state index >= 15 is 0 Å². The Morgan fingerprint density at radius 3 is 2.40 bits per heavy atom. The van der Waals surface area contributed by atoms with E-state index in [0.29, 0.717) is 37.1 Å². The van der Waals surface area contributed by atoms with Gasteiger partial charge in [-0.05, 0) is 61.7 Å². The van der Waals surface area contributed by atoms with Crippen molar-refractivity contribution in [3.05, 3.63) is 70.9 Å². The number of aromatic carboxylic acids is 1. The Balaban J connectivity index is 1.75. The summed E-state index contributed by atoms with van der Waals surface area (Å²) < 4.78 is 5.50. The van der Waals surface area contributed by atoms with Crippen molar-refractivity contribution in [3.8, 4) is 5.75 Å². The fraction of sp³-hybridized carbons (Fsp3) is 0.292. The van der Waals surface area contributed by atoms with Gasteiger partial charge in [-0.1, -0.05) is 12.1 Å². The van der Waals surface area contributed by atoms with Crippen molar-refractivity contribution in [2.75, 3.05) is 11.5 Å². The number of carbonyl (C=O) groups excluding carboxylic acids is 2. The molecule has 1 aliphatic heterocycles. The summed E-state index contributed by atoms with van der Waals surface area (Å²) >= 11 is 0. The molecular weight excluding hydrogens is 382 g/mol. The van der Waals surface area contributed by atoms with Gasteiger partial charge in [0.05, 0.1) is 12.2 Å². The maximum atomic E-state index is 13.2. The third-order valence-corrected chi connectivity index (χ3v) is 5.64. The van der Waals surface area contributed by atoms with E-state index in [1.807, 2.05) is 31.2 Å². The quantitative estimate of drug-likeness (QED) is 0.801. The highest BCUT2D eigenvalue weighted by Gasteiger charge is 2.39. The van der Waals surface area contributed by atoms with Gasteiger partial charge in [0.1, 0.15) is 5.75 Å². The highest BCUT2D eigenvalue weighted by atomic mass is 16.5. The van der Waals surface area contributed by atoms with Gasteiger partial charge in [0.25, 0.3) is 0 Å². The van der Waals surface area contributed by atoms with Crippen LogP contribution < -0.4 is 9.64 Å². The van der Waals surface area contributed by atoms with E-state index in [2.05, 4.69) is 0 Å². The molecule has 1 atom stereocenters. The van der Waals surface area contributed by atoms with E-state index in [1.54, 1.807) is 17.0 Å². The van der Waals surface area contributed by atoms with E-state index in [1.165, 1.54) is 12.1 Å². The predicted octanol–water partition coefficient (Wildman–Crippen LogP) is 4.31. The Hall–Kier alpha value is -3.41. The number of ether oxygens (including phenoxy) is 1. The number of ketones is 1. The van der Waals surface area contributed by atoms with E-state index in [0.717, 1.165) is 17.0 Å². The third kappa shape index (κ3) is 3.61. The molecule has 1 aliphatic carbocycles. The average Bonchev–Trinajstić information content (AvgIpc) is 2.74. The molecule has 1 amide bonds. The third-order valence-electron chi connectivity index (χ3n) is 5.64. The zero-order valence-electron chi connectivity index (χ0n) is 16.8. The minimum atomic E-state index is -1.02. The monoisotopic (exact) mass is 405 g/mol. The van der Waals surface area contributed by atoms with Gasteiger partial charge in [-0.15, -0.1) is 0 Å². The minimum Gasteiger partial charge on any atom is -0.494 e. The molecule has 0 bridgehead atoms. The number of rotatable bonds is 5. The number of hydrogen-bond acceptors (Lipinski definition) is 4. The van der Waals surface area contributed by atoms with Crippen LogP contribution in [0.4, 0.5) is 5.69 Å². The number of nitrogens with zero attached hydrogens (tertiary/aromatic N) is 1. The number of hydrogen-bond donors (Lipinski definition) is 1. The molecule has 1 N–H and O–H groups in total. The van der Waals surface area contributed by atoms with Gasteiger partial charge in [0.15, 0.2) is 5.78 Å². The van der Waals surface area contributed by atoms with Crippen LogP contribution in [0.25, 0.3) is 0 Å². The van der Waals surface area contributed by atoms with Crippen LogP contribution in [-0.2, 0) is 9.59 Å². The Bertz CT molecular complexity index is 1020. The summed E-state index contributed by atoms with van der Waals surface area (Å²) in [5, 5.41) is 9.13. The first kappa shape index (κ1) is 19.9. The zero-order chi connectivity index (χ0) is 21.3. The second-order valence-corrected chi connectivity index (χ2v) is 7.48. The van der Waals surface area contributed by atoms with Gasteiger partial charge in [0, 0.05) is 35.7 Å². The second-order valence-electron chi connectivity index (χ2n) is 7.48. The summed E-state index contributed by atoms with van der Waals surface area (Å²) in [5.74, 6) is -0.548. The standard InChI is InChI=1S/C24H23NO5/c1-2-30-18-12-8-15(9-13-18)19-14-22(27)25(20-4-3-5-21(26)23(19)20)17-10-6-16(7-11-17)24(28)29/h6-13,19H,2-5,14H2,1H3,(H,28,29). The molecule has 1 heterocycles. The lowest BCUT2D eigenvalue weighted by Crippen LogP contribution is -2.40. The molecule has 2 aromatic carbocycles. The van der Waals surface area contributed by atoms with Crippen LogP contribution in [0.5, 0.6) is 5.75 Å². The molecule has 0 saturated carbocycles. The molecule has 4 rings (SSSR count). The number of carboxylic acids is 1. The molecule has 0 aromatic heterocycles. The van der Waals surface area contributed by atoms with Crippen LogP contribution in [-0.4, -0.2) is 29.4 Å². The fourth-order valence-corrected chi connectivity index (χ4v) is 4.29. The lowest BCUT2D eigenvalue weighted by molar-refractivity contribution is -0.119. The van der Waals surface area contributed by atoms with E-state index < -0.39 is 5.97 Å². The number of allylic oxidation sites excluding steroid dienone is 2. The molecular formula is C24H23NO5. The Morgan fingerprint density at radius 2 is 1.77 bits per heavy atom. The highest BCUT2D eigenvalue weighted by molar-refractivity contribution is 6.07. The first-order valence-corrected chi connectivity index (χ1v) is 10.1.